The predicted octanol–water partition coefficient (Wildman–Crippen LogP) is 2.92. The Labute approximate surface area is 125 Å². The zero-order valence-corrected chi connectivity index (χ0v) is 12.4. The van der Waals surface area contributed by atoms with Crippen LogP contribution in [0.3, 0.4) is 0 Å². The Hall–Kier alpha value is -1.57. The number of aromatic nitrogens is 2. The van der Waals surface area contributed by atoms with Crippen LogP contribution in [0.4, 0.5) is 5.69 Å². The van der Waals surface area contributed by atoms with Crippen molar-refractivity contribution in [1.29, 1.82) is 0 Å². The van der Waals surface area contributed by atoms with Crippen LogP contribution in [-0.4, -0.2) is 28.2 Å². The molecule has 1 heterocycles. The molecular weight excluding hydrogens is 300 g/mol. The maximum atomic E-state index is 11.1. The summed E-state index contributed by atoms with van der Waals surface area (Å²) in [6, 6.07) is 4.55. The number of nitro benzene ring substituents is 1. The van der Waals surface area contributed by atoms with E-state index in [0.29, 0.717) is 15.6 Å². The quantitative estimate of drug-likeness (QED) is 0.504. The Morgan fingerprint density at radius 1 is 1.45 bits per heavy atom. The fourth-order valence-electron chi connectivity index (χ4n) is 1.67. The molecule has 0 saturated carbocycles. The van der Waals surface area contributed by atoms with Gasteiger partial charge >= 0.3 is 0 Å². The van der Waals surface area contributed by atoms with Gasteiger partial charge in [0.05, 0.1) is 10.5 Å². The second kappa shape index (κ2) is 6.74. The number of hydrogen-bond donors (Lipinski definition) is 1. The van der Waals surface area contributed by atoms with Crippen molar-refractivity contribution in [2.24, 2.45) is 0 Å². The molecule has 0 aliphatic heterocycles. The van der Waals surface area contributed by atoms with Gasteiger partial charge in [0.25, 0.3) is 5.69 Å². The normalized spacial score (nSPS) is 10.7. The molecule has 106 valence electrons. The van der Waals surface area contributed by atoms with Gasteiger partial charge in [-0.2, -0.15) is 0 Å². The topological polar surface area (TPSA) is 81.0 Å². The van der Waals surface area contributed by atoms with E-state index in [1.165, 1.54) is 17.4 Å². The maximum absolute atomic E-state index is 11.1. The largest absolute Gasteiger partial charge is 0.317 e. The van der Waals surface area contributed by atoms with E-state index >= 15 is 0 Å². The predicted molar refractivity (Wildman–Crippen MR) is 79.3 cm³/mol. The van der Waals surface area contributed by atoms with E-state index in [4.69, 9.17) is 11.6 Å². The van der Waals surface area contributed by atoms with Crippen molar-refractivity contribution in [1.82, 2.24) is 15.5 Å². The summed E-state index contributed by atoms with van der Waals surface area (Å²) in [5.41, 5.74) is 0.401. The van der Waals surface area contributed by atoms with Crippen molar-refractivity contribution in [3.05, 3.63) is 38.3 Å². The second-order valence-electron chi connectivity index (χ2n) is 4.02. The summed E-state index contributed by atoms with van der Waals surface area (Å²) in [5.74, 6) is 0. The average Bonchev–Trinajstić information content (AvgIpc) is 2.87. The maximum Gasteiger partial charge on any atom is 0.281 e. The van der Waals surface area contributed by atoms with Crippen molar-refractivity contribution in [3.8, 4) is 10.6 Å². The number of likely N-dealkylation sites (N-methyl/N-ethyl adjacent to an activating group) is 1. The highest BCUT2D eigenvalue weighted by atomic mass is 35.5. The first-order valence-electron chi connectivity index (χ1n) is 6.09. The first-order valence-corrected chi connectivity index (χ1v) is 7.28. The summed E-state index contributed by atoms with van der Waals surface area (Å²) in [4.78, 5) is 10.6. The van der Waals surface area contributed by atoms with Crippen molar-refractivity contribution in [3.63, 3.8) is 0 Å². The van der Waals surface area contributed by atoms with Crippen molar-refractivity contribution >= 4 is 28.6 Å². The molecule has 1 aromatic heterocycles. The molecule has 20 heavy (non-hydrogen) atoms. The van der Waals surface area contributed by atoms with Gasteiger partial charge in [-0.15, -0.1) is 10.2 Å². The molecule has 0 spiro atoms. The fraction of sp³-hybridized carbons (Fsp3) is 0.333. The van der Waals surface area contributed by atoms with Crippen LogP contribution in [0.25, 0.3) is 10.6 Å². The van der Waals surface area contributed by atoms with Crippen LogP contribution in [-0.2, 0) is 6.42 Å². The van der Waals surface area contributed by atoms with Crippen LogP contribution in [0.1, 0.15) is 11.9 Å². The van der Waals surface area contributed by atoms with Gasteiger partial charge in [0, 0.05) is 24.1 Å². The van der Waals surface area contributed by atoms with E-state index in [1.54, 1.807) is 12.1 Å². The van der Waals surface area contributed by atoms with E-state index < -0.39 is 4.92 Å². The Kier molecular flexibility index (Phi) is 4.99. The Morgan fingerprint density at radius 3 is 2.95 bits per heavy atom. The first-order chi connectivity index (χ1) is 9.61. The van der Waals surface area contributed by atoms with Gasteiger partial charge < -0.3 is 5.32 Å². The summed E-state index contributed by atoms with van der Waals surface area (Å²) in [5, 5.41) is 24.1. The van der Waals surface area contributed by atoms with Crippen molar-refractivity contribution < 1.29 is 4.92 Å². The third-order valence-electron chi connectivity index (χ3n) is 2.62. The SMILES string of the molecule is CCNCCc1nnc(-c2ccc(Cl)cc2[N+](=O)[O-])s1. The molecule has 0 unspecified atom stereocenters. The summed E-state index contributed by atoms with van der Waals surface area (Å²) in [6.45, 7) is 3.74. The minimum Gasteiger partial charge on any atom is -0.317 e. The van der Waals surface area contributed by atoms with Gasteiger partial charge in [0.1, 0.15) is 5.01 Å². The molecule has 0 aliphatic carbocycles. The lowest BCUT2D eigenvalue weighted by Crippen LogP contribution is -2.15. The fourth-order valence-corrected chi connectivity index (χ4v) is 2.71. The number of hydrogen-bond acceptors (Lipinski definition) is 6. The van der Waals surface area contributed by atoms with E-state index in [2.05, 4.69) is 15.5 Å². The molecule has 1 N–H and O–H groups in total. The molecule has 0 bridgehead atoms. The number of nitrogens with zero attached hydrogens (tertiary/aromatic N) is 3. The highest BCUT2D eigenvalue weighted by molar-refractivity contribution is 7.14. The highest BCUT2D eigenvalue weighted by Gasteiger charge is 2.19. The average molecular weight is 313 g/mol. The molecule has 8 heteroatoms. The van der Waals surface area contributed by atoms with E-state index in [0.717, 1.165) is 24.5 Å². The Bertz CT molecular complexity index is 617. The van der Waals surface area contributed by atoms with Gasteiger partial charge in [-0.25, -0.2) is 0 Å². The zero-order chi connectivity index (χ0) is 14.5. The standard InChI is InChI=1S/C12H13ClN4O2S/c1-2-14-6-5-11-15-16-12(20-11)9-4-3-8(13)7-10(9)17(18)19/h3-4,7,14H,2,5-6H2,1H3. The van der Waals surface area contributed by atoms with Crippen LogP contribution in [0.2, 0.25) is 5.02 Å². The molecule has 2 aromatic rings. The Balaban J connectivity index is 2.25. The smallest absolute Gasteiger partial charge is 0.281 e. The van der Waals surface area contributed by atoms with Crippen molar-refractivity contribution in [2.75, 3.05) is 13.1 Å². The molecular formula is C12H13ClN4O2S. The molecule has 0 atom stereocenters. The highest BCUT2D eigenvalue weighted by Crippen LogP contribution is 2.33. The lowest BCUT2D eigenvalue weighted by atomic mass is 10.2. The first kappa shape index (κ1) is 14.8. The molecule has 0 fully saturated rings. The lowest BCUT2D eigenvalue weighted by Gasteiger charge is -1.99. The van der Waals surface area contributed by atoms with Crippen LogP contribution in [0.15, 0.2) is 18.2 Å². The summed E-state index contributed by atoms with van der Waals surface area (Å²) < 4.78 is 0. The zero-order valence-electron chi connectivity index (χ0n) is 10.8. The number of halogens is 1. The van der Waals surface area contributed by atoms with E-state index in [1.807, 2.05) is 6.92 Å². The molecule has 0 amide bonds. The summed E-state index contributed by atoms with van der Waals surface area (Å²) >= 11 is 7.16. The monoisotopic (exact) mass is 312 g/mol. The number of benzene rings is 1. The van der Waals surface area contributed by atoms with Gasteiger partial charge in [-0.05, 0) is 18.7 Å². The molecule has 0 radical (unpaired) electrons. The number of rotatable bonds is 6. The molecule has 6 nitrogen and oxygen atoms in total. The minimum atomic E-state index is -0.457. The van der Waals surface area contributed by atoms with Crippen LogP contribution in [0.5, 0.6) is 0 Å². The van der Waals surface area contributed by atoms with Gasteiger partial charge in [0.15, 0.2) is 5.01 Å². The van der Waals surface area contributed by atoms with Crippen LogP contribution < -0.4 is 5.32 Å². The third kappa shape index (κ3) is 3.50. The Morgan fingerprint density at radius 2 is 2.25 bits per heavy atom. The summed E-state index contributed by atoms with van der Waals surface area (Å²) in [7, 11) is 0. The molecule has 0 aliphatic rings. The number of nitro groups is 1. The molecule has 2 rings (SSSR count). The van der Waals surface area contributed by atoms with Gasteiger partial charge in [0.2, 0.25) is 0 Å². The molecule has 0 saturated heterocycles. The third-order valence-corrected chi connectivity index (χ3v) is 3.87. The van der Waals surface area contributed by atoms with Gasteiger partial charge in [-0.1, -0.05) is 29.9 Å². The lowest BCUT2D eigenvalue weighted by molar-refractivity contribution is -0.384. The van der Waals surface area contributed by atoms with Crippen LogP contribution >= 0.6 is 22.9 Å². The van der Waals surface area contributed by atoms with Gasteiger partial charge in [-0.3, -0.25) is 10.1 Å². The molecule has 1 aromatic carbocycles. The van der Waals surface area contributed by atoms with Crippen molar-refractivity contribution in [2.45, 2.75) is 13.3 Å². The second-order valence-corrected chi connectivity index (χ2v) is 5.52. The van der Waals surface area contributed by atoms with Crippen LogP contribution in [0, 0.1) is 10.1 Å². The van der Waals surface area contributed by atoms with E-state index in [-0.39, 0.29) is 5.69 Å². The summed E-state index contributed by atoms with van der Waals surface area (Å²) in [6.07, 6.45) is 0.757. The number of nitrogens with one attached hydrogen (secondary N) is 1. The minimum absolute atomic E-state index is 0.0492. The van der Waals surface area contributed by atoms with E-state index in [9.17, 15) is 10.1 Å².